The average Bonchev–Trinajstić information content (AvgIpc) is 2.97. The Hall–Kier alpha value is -2.47. The van der Waals surface area contributed by atoms with E-state index in [1.54, 1.807) is 12.1 Å². The molecular formula is C15H13N3O2S. The summed E-state index contributed by atoms with van der Waals surface area (Å²) < 4.78 is 0. The van der Waals surface area contributed by atoms with Crippen LogP contribution in [0.3, 0.4) is 0 Å². The third kappa shape index (κ3) is 3.00. The van der Waals surface area contributed by atoms with Crippen LogP contribution < -0.4 is 0 Å². The SMILES string of the molecule is O=[N+]([O-])c1ccc(C[SH]2C=NN=C2c2ccccc2)cc1. The van der Waals surface area contributed by atoms with E-state index in [-0.39, 0.29) is 10.6 Å². The molecule has 5 nitrogen and oxygen atoms in total. The van der Waals surface area contributed by atoms with Crippen LogP contribution in [0.15, 0.2) is 64.8 Å². The number of hydrogen-bond acceptors (Lipinski definition) is 4. The lowest BCUT2D eigenvalue weighted by atomic mass is 10.2. The molecule has 6 heteroatoms. The summed E-state index contributed by atoms with van der Waals surface area (Å²) in [5.41, 5.74) is 4.15. The smallest absolute Gasteiger partial charge is 0.258 e. The molecule has 21 heavy (non-hydrogen) atoms. The van der Waals surface area contributed by atoms with Crippen molar-refractivity contribution in [3.63, 3.8) is 0 Å². The summed E-state index contributed by atoms with van der Waals surface area (Å²) in [5.74, 6) is 0.796. The monoisotopic (exact) mass is 299 g/mol. The first-order chi connectivity index (χ1) is 10.2. The molecule has 2 aromatic rings. The molecule has 0 N–H and O–H groups in total. The number of nitro benzene ring substituents is 1. The summed E-state index contributed by atoms with van der Waals surface area (Å²) in [6.45, 7) is 0. The fourth-order valence-electron chi connectivity index (χ4n) is 2.10. The average molecular weight is 299 g/mol. The van der Waals surface area contributed by atoms with Gasteiger partial charge in [0.25, 0.3) is 5.69 Å². The largest absolute Gasteiger partial charge is 0.269 e. The van der Waals surface area contributed by atoms with E-state index in [1.807, 2.05) is 35.9 Å². The predicted molar refractivity (Wildman–Crippen MR) is 87.3 cm³/mol. The van der Waals surface area contributed by atoms with Crippen LogP contribution in [0.25, 0.3) is 0 Å². The van der Waals surface area contributed by atoms with Crippen molar-refractivity contribution in [2.24, 2.45) is 10.2 Å². The van der Waals surface area contributed by atoms with E-state index in [1.165, 1.54) is 12.1 Å². The van der Waals surface area contributed by atoms with Crippen LogP contribution in [0, 0.1) is 10.1 Å². The standard InChI is InChI=1S/C15H13N3O2S/c19-18(20)14-8-6-12(7-9-14)10-21-11-16-17-15(21)13-4-2-1-3-5-13/h1-9,11,21H,10H2. The molecule has 1 atom stereocenters. The first-order valence-electron chi connectivity index (χ1n) is 6.40. The molecule has 0 amide bonds. The van der Waals surface area contributed by atoms with Crippen LogP contribution in [0.4, 0.5) is 5.69 Å². The minimum Gasteiger partial charge on any atom is -0.258 e. The van der Waals surface area contributed by atoms with Crippen LogP contribution in [-0.2, 0) is 5.75 Å². The third-order valence-electron chi connectivity index (χ3n) is 3.15. The summed E-state index contributed by atoms with van der Waals surface area (Å²) in [4.78, 5) is 10.3. The Morgan fingerprint density at radius 2 is 1.76 bits per heavy atom. The Morgan fingerprint density at radius 1 is 1.05 bits per heavy atom. The van der Waals surface area contributed by atoms with Crippen molar-refractivity contribution >= 4 is 27.2 Å². The maximum absolute atomic E-state index is 10.7. The van der Waals surface area contributed by atoms with Crippen molar-refractivity contribution in [1.29, 1.82) is 0 Å². The van der Waals surface area contributed by atoms with Crippen molar-refractivity contribution in [3.8, 4) is 0 Å². The van der Waals surface area contributed by atoms with Gasteiger partial charge in [0.1, 0.15) is 5.04 Å². The summed E-state index contributed by atoms with van der Waals surface area (Å²) >= 11 is 0. The highest BCUT2D eigenvalue weighted by Gasteiger charge is 2.17. The maximum atomic E-state index is 10.7. The Balaban J connectivity index is 1.77. The quantitative estimate of drug-likeness (QED) is 0.533. The van der Waals surface area contributed by atoms with E-state index in [4.69, 9.17) is 0 Å². The van der Waals surface area contributed by atoms with Gasteiger partial charge in [-0.05, 0) is 5.56 Å². The summed E-state index contributed by atoms with van der Waals surface area (Å²) in [6.07, 6.45) is 0. The molecular weight excluding hydrogens is 286 g/mol. The third-order valence-corrected chi connectivity index (χ3v) is 5.13. The fraction of sp³-hybridized carbons (Fsp3) is 0.0667. The van der Waals surface area contributed by atoms with Crippen LogP contribution in [0.1, 0.15) is 11.1 Å². The highest BCUT2D eigenvalue weighted by Crippen LogP contribution is 2.36. The summed E-state index contributed by atoms with van der Waals surface area (Å²) in [7, 11) is -0.598. The molecule has 0 bridgehead atoms. The van der Waals surface area contributed by atoms with E-state index in [0.29, 0.717) is 0 Å². The van der Waals surface area contributed by atoms with Crippen molar-refractivity contribution in [1.82, 2.24) is 0 Å². The van der Waals surface area contributed by atoms with Crippen molar-refractivity contribution in [2.75, 3.05) is 0 Å². The number of nitro groups is 1. The van der Waals surface area contributed by atoms with Crippen LogP contribution in [0.5, 0.6) is 0 Å². The van der Waals surface area contributed by atoms with Crippen LogP contribution in [-0.4, -0.2) is 15.5 Å². The van der Waals surface area contributed by atoms with E-state index >= 15 is 0 Å². The van der Waals surface area contributed by atoms with Gasteiger partial charge in [-0.3, -0.25) is 10.1 Å². The Bertz CT molecular complexity index is 711. The molecule has 0 aliphatic carbocycles. The van der Waals surface area contributed by atoms with Gasteiger partial charge in [-0.1, -0.05) is 42.5 Å². The van der Waals surface area contributed by atoms with Gasteiger partial charge >= 0.3 is 0 Å². The second kappa shape index (κ2) is 5.88. The number of hydrogen-bond donors (Lipinski definition) is 1. The minimum absolute atomic E-state index is 0.114. The number of thiol groups is 1. The van der Waals surface area contributed by atoms with Gasteiger partial charge in [0.2, 0.25) is 0 Å². The molecule has 106 valence electrons. The van der Waals surface area contributed by atoms with Gasteiger partial charge in [0.05, 0.1) is 10.5 Å². The minimum atomic E-state index is -0.598. The van der Waals surface area contributed by atoms with E-state index in [9.17, 15) is 10.1 Å². The maximum Gasteiger partial charge on any atom is 0.269 e. The lowest BCUT2D eigenvalue weighted by molar-refractivity contribution is -0.384. The Morgan fingerprint density at radius 3 is 2.43 bits per heavy atom. The molecule has 0 spiro atoms. The lowest BCUT2D eigenvalue weighted by Gasteiger charge is -2.14. The second-order valence-corrected chi connectivity index (χ2v) is 6.48. The van der Waals surface area contributed by atoms with Gasteiger partial charge in [0.15, 0.2) is 0 Å². The lowest BCUT2D eigenvalue weighted by Crippen LogP contribution is -2.01. The molecule has 0 saturated heterocycles. The molecule has 0 radical (unpaired) electrons. The number of nitrogens with zero attached hydrogens (tertiary/aromatic N) is 3. The van der Waals surface area contributed by atoms with Gasteiger partial charge in [-0.25, -0.2) is 0 Å². The van der Waals surface area contributed by atoms with E-state index in [2.05, 4.69) is 10.2 Å². The van der Waals surface area contributed by atoms with Crippen molar-refractivity contribution < 1.29 is 4.92 Å². The van der Waals surface area contributed by atoms with Gasteiger partial charge in [-0.2, -0.15) is 16.0 Å². The molecule has 1 aliphatic heterocycles. The molecule has 1 aliphatic rings. The normalized spacial score (nSPS) is 18.5. The first kappa shape index (κ1) is 13.5. The Kier molecular flexibility index (Phi) is 3.79. The molecule has 0 fully saturated rings. The second-order valence-electron chi connectivity index (χ2n) is 4.57. The predicted octanol–water partition coefficient (Wildman–Crippen LogP) is 3.50. The number of non-ortho nitro benzene ring substituents is 1. The van der Waals surface area contributed by atoms with E-state index in [0.717, 1.165) is 21.9 Å². The van der Waals surface area contributed by atoms with Gasteiger partial charge in [-0.15, -0.1) is 5.10 Å². The number of rotatable bonds is 4. The van der Waals surface area contributed by atoms with Gasteiger partial charge in [0, 0.05) is 23.4 Å². The zero-order valence-electron chi connectivity index (χ0n) is 11.1. The van der Waals surface area contributed by atoms with Crippen molar-refractivity contribution in [3.05, 3.63) is 75.8 Å². The van der Waals surface area contributed by atoms with Crippen molar-refractivity contribution in [2.45, 2.75) is 5.75 Å². The Labute approximate surface area is 124 Å². The highest BCUT2D eigenvalue weighted by molar-refractivity contribution is 8.40. The van der Waals surface area contributed by atoms with Crippen LogP contribution >= 0.6 is 10.9 Å². The fourth-order valence-corrected chi connectivity index (χ4v) is 3.87. The summed E-state index contributed by atoms with van der Waals surface area (Å²) in [5, 5.41) is 20.0. The molecule has 1 unspecified atom stereocenters. The number of benzene rings is 2. The zero-order valence-corrected chi connectivity index (χ0v) is 12.0. The zero-order chi connectivity index (χ0) is 14.7. The van der Waals surface area contributed by atoms with E-state index < -0.39 is 10.9 Å². The molecule has 0 saturated carbocycles. The van der Waals surface area contributed by atoms with Crippen LogP contribution in [0.2, 0.25) is 0 Å². The molecule has 2 aromatic carbocycles. The topological polar surface area (TPSA) is 67.9 Å². The first-order valence-corrected chi connectivity index (χ1v) is 8.00. The highest BCUT2D eigenvalue weighted by atomic mass is 32.2. The molecule has 0 aromatic heterocycles. The molecule has 3 rings (SSSR count). The van der Waals surface area contributed by atoms with Gasteiger partial charge < -0.3 is 0 Å². The summed E-state index contributed by atoms with van der Waals surface area (Å²) in [6, 6.07) is 16.7. The molecule has 1 heterocycles.